The highest BCUT2D eigenvalue weighted by atomic mass is 35.5. The Hall–Kier alpha value is -4.51. The van der Waals surface area contributed by atoms with Gasteiger partial charge in [-0.05, 0) is 66.2 Å². The number of aromatic nitrogens is 3. The Bertz CT molecular complexity index is 1870. The molecule has 0 aliphatic carbocycles. The third-order valence-electron chi connectivity index (χ3n) is 7.69. The minimum absolute atomic E-state index is 0.0107. The number of hydrogen-bond donors (Lipinski definition) is 0. The lowest BCUT2D eigenvalue weighted by molar-refractivity contribution is -0.132. The summed E-state index contributed by atoms with van der Waals surface area (Å²) in [5, 5.41) is 1.10. The summed E-state index contributed by atoms with van der Waals surface area (Å²) >= 11 is 7.39. The van der Waals surface area contributed by atoms with Gasteiger partial charge in [-0.25, -0.2) is 9.37 Å². The number of carbonyl (C=O) groups excluding carboxylic acids is 1. The summed E-state index contributed by atoms with van der Waals surface area (Å²) < 4.78 is 20.4. The number of methoxy groups -OCH3 is 1. The number of carbonyl (C=O) groups is 1. The largest absolute Gasteiger partial charge is 0.481 e. The summed E-state index contributed by atoms with van der Waals surface area (Å²) in [6.45, 7) is 1.60. The van der Waals surface area contributed by atoms with Crippen molar-refractivity contribution in [3.63, 3.8) is 0 Å². The quantitative estimate of drug-likeness (QED) is 0.0965. The molecule has 11 heteroatoms. The first-order chi connectivity index (χ1) is 23.2. The molecule has 0 N–H and O–H groups in total. The maximum atomic E-state index is 14.0. The number of benzene rings is 3. The molecule has 8 nitrogen and oxygen atoms in total. The van der Waals surface area contributed by atoms with Gasteiger partial charge < -0.3 is 19.1 Å². The Kier molecular flexibility index (Phi) is 12.0. The molecule has 0 atom stereocenters. The van der Waals surface area contributed by atoms with Gasteiger partial charge in [0.05, 0.1) is 7.11 Å². The zero-order valence-corrected chi connectivity index (χ0v) is 28.7. The predicted octanol–water partition coefficient (Wildman–Crippen LogP) is 6.58. The molecule has 3 aromatic carbocycles. The van der Waals surface area contributed by atoms with E-state index in [2.05, 4.69) is 9.97 Å². The molecule has 2 heterocycles. The van der Waals surface area contributed by atoms with E-state index in [9.17, 15) is 14.0 Å². The Morgan fingerprint density at radius 3 is 2.17 bits per heavy atom. The van der Waals surface area contributed by atoms with Crippen LogP contribution in [-0.4, -0.2) is 64.5 Å². The van der Waals surface area contributed by atoms with Crippen molar-refractivity contribution in [3.05, 3.63) is 141 Å². The van der Waals surface area contributed by atoms with E-state index in [-0.39, 0.29) is 23.8 Å². The van der Waals surface area contributed by atoms with E-state index in [1.165, 1.54) is 23.9 Å². The highest BCUT2D eigenvalue weighted by molar-refractivity contribution is 7.98. The monoisotopic (exact) mass is 685 g/mol. The highest BCUT2D eigenvalue weighted by Crippen LogP contribution is 2.24. The van der Waals surface area contributed by atoms with Crippen molar-refractivity contribution in [2.24, 2.45) is 0 Å². The summed E-state index contributed by atoms with van der Waals surface area (Å²) in [6.07, 6.45) is 3.67. The van der Waals surface area contributed by atoms with Crippen LogP contribution < -0.4 is 10.3 Å². The summed E-state index contributed by atoms with van der Waals surface area (Å²) in [5.41, 5.74) is 4.87. The lowest BCUT2D eigenvalue weighted by Crippen LogP contribution is -2.38. The molecule has 1 amide bonds. The average molecular weight is 686 g/mol. The first kappa shape index (κ1) is 34.8. The smallest absolute Gasteiger partial charge is 0.277 e. The minimum atomic E-state index is -0.374. The number of hydrogen-bond acceptors (Lipinski definition) is 7. The molecule has 0 bridgehead atoms. The van der Waals surface area contributed by atoms with E-state index in [4.69, 9.17) is 16.3 Å². The standard InChI is InChI=1S/C37H37ClFN5O3S/c1-42(2)18-19-43(22-26-4-9-29(10-5-26)30-11-13-32(38)14-12-30)35(45)24-44-23-31(20-28-8-17-34(47-3)40-21-28)36(46)41-37(44)48-25-27-6-15-33(39)16-7-27/h4-17,21,23H,18-20,22,24-25H2,1-3H3. The number of rotatable bonds is 14. The topological polar surface area (TPSA) is 80.6 Å². The lowest BCUT2D eigenvalue weighted by Gasteiger charge is -2.26. The third kappa shape index (κ3) is 9.76. The molecular formula is C37H37ClFN5O3S. The number of amides is 1. The third-order valence-corrected chi connectivity index (χ3v) is 9.01. The molecule has 0 saturated heterocycles. The fourth-order valence-electron chi connectivity index (χ4n) is 4.98. The maximum absolute atomic E-state index is 14.0. The summed E-state index contributed by atoms with van der Waals surface area (Å²) in [6, 6.07) is 25.6. The SMILES string of the molecule is COc1ccc(Cc2cn(CC(=O)N(CCN(C)C)Cc3ccc(-c4ccc(Cl)cc4)cc3)c(SCc3ccc(F)cc3)nc2=O)cn1. The zero-order chi connectivity index (χ0) is 34.0. The summed E-state index contributed by atoms with van der Waals surface area (Å²) in [5.74, 6) is 0.501. The van der Waals surface area contributed by atoms with Crippen molar-refractivity contribution in [3.8, 4) is 17.0 Å². The van der Waals surface area contributed by atoms with Gasteiger partial charge in [0.15, 0.2) is 5.16 Å². The zero-order valence-electron chi connectivity index (χ0n) is 27.1. The van der Waals surface area contributed by atoms with Crippen LogP contribution in [0.25, 0.3) is 11.1 Å². The number of ether oxygens (including phenoxy) is 1. The number of halogens is 2. The van der Waals surface area contributed by atoms with Crippen LogP contribution in [0.3, 0.4) is 0 Å². The van der Waals surface area contributed by atoms with E-state index < -0.39 is 0 Å². The van der Waals surface area contributed by atoms with Gasteiger partial charge >= 0.3 is 0 Å². The Morgan fingerprint density at radius 2 is 1.54 bits per heavy atom. The van der Waals surface area contributed by atoms with Gasteiger partial charge in [-0.2, -0.15) is 4.98 Å². The van der Waals surface area contributed by atoms with Crippen LogP contribution in [0.4, 0.5) is 4.39 Å². The first-order valence-corrected chi connectivity index (χ1v) is 16.8. The Labute approximate surface area is 289 Å². The molecule has 0 saturated carbocycles. The maximum Gasteiger partial charge on any atom is 0.277 e. The fourth-order valence-corrected chi connectivity index (χ4v) is 6.02. The molecule has 248 valence electrons. The van der Waals surface area contributed by atoms with Gasteiger partial charge in [0, 0.05) is 60.9 Å². The Morgan fingerprint density at radius 1 is 0.896 bits per heavy atom. The number of likely N-dealkylation sites (N-methyl/N-ethyl adjacent to an activating group) is 1. The summed E-state index contributed by atoms with van der Waals surface area (Å²) in [7, 11) is 5.49. The highest BCUT2D eigenvalue weighted by Gasteiger charge is 2.19. The normalized spacial score (nSPS) is 11.1. The number of nitrogens with zero attached hydrogens (tertiary/aromatic N) is 5. The van der Waals surface area contributed by atoms with Crippen LogP contribution in [0.15, 0.2) is 107 Å². The molecule has 0 aliphatic rings. The van der Waals surface area contributed by atoms with Crippen LogP contribution >= 0.6 is 23.4 Å². The molecule has 5 aromatic rings. The van der Waals surface area contributed by atoms with Crippen LogP contribution in [0.1, 0.15) is 22.3 Å². The van der Waals surface area contributed by atoms with Gasteiger partial charge in [0.2, 0.25) is 11.8 Å². The second kappa shape index (κ2) is 16.5. The van der Waals surface area contributed by atoms with Crippen molar-refractivity contribution in [2.45, 2.75) is 30.4 Å². The number of pyridine rings is 1. The predicted molar refractivity (Wildman–Crippen MR) is 189 cm³/mol. The van der Waals surface area contributed by atoms with Gasteiger partial charge in [-0.1, -0.05) is 78.0 Å². The van der Waals surface area contributed by atoms with Crippen molar-refractivity contribution < 1.29 is 13.9 Å². The van der Waals surface area contributed by atoms with E-state index in [0.29, 0.717) is 53.4 Å². The van der Waals surface area contributed by atoms with E-state index >= 15 is 0 Å². The molecule has 0 radical (unpaired) electrons. The van der Waals surface area contributed by atoms with Crippen LogP contribution in [-0.2, 0) is 30.1 Å². The molecule has 0 spiro atoms. The van der Waals surface area contributed by atoms with Gasteiger partial charge in [0.1, 0.15) is 12.4 Å². The lowest BCUT2D eigenvalue weighted by atomic mass is 10.0. The van der Waals surface area contributed by atoms with E-state index in [0.717, 1.165) is 27.8 Å². The fraction of sp³-hybridized carbons (Fsp3) is 0.243. The van der Waals surface area contributed by atoms with E-state index in [1.54, 1.807) is 42.3 Å². The second-order valence-corrected chi connectivity index (χ2v) is 13.0. The first-order valence-electron chi connectivity index (χ1n) is 15.4. The van der Waals surface area contributed by atoms with Crippen LogP contribution in [0.5, 0.6) is 5.88 Å². The van der Waals surface area contributed by atoms with E-state index in [1.807, 2.05) is 78.5 Å². The molecule has 0 fully saturated rings. The van der Waals surface area contributed by atoms with Gasteiger partial charge in [-0.3, -0.25) is 9.59 Å². The molecule has 5 rings (SSSR count). The van der Waals surface area contributed by atoms with Crippen molar-refractivity contribution in [2.75, 3.05) is 34.3 Å². The molecule has 0 aliphatic heterocycles. The molecular weight excluding hydrogens is 649 g/mol. The average Bonchev–Trinajstić information content (AvgIpc) is 3.09. The van der Waals surface area contributed by atoms with Gasteiger partial charge in [-0.15, -0.1) is 0 Å². The van der Waals surface area contributed by atoms with Crippen molar-refractivity contribution >= 4 is 29.3 Å². The Balaban J connectivity index is 1.40. The van der Waals surface area contributed by atoms with Gasteiger partial charge in [0.25, 0.3) is 5.56 Å². The molecule has 2 aromatic heterocycles. The van der Waals surface area contributed by atoms with Crippen LogP contribution in [0, 0.1) is 5.82 Å². The van der Waals surface area contributed by atoms with Crippen molar-refractivity contribution in [1.82, 2.24) is 24.3 Å². The second-order valence-electron chi connectivity index (χ2n) is 11.6. The minimum Gasteiger partial charge on any atom is -0.481 e. The molecule has 48 heavy (non-hydrogen) atoms. The summed E-state index contributed by atoms with van der Waals surface area (Å²) in [4.78, 5) is 39.8. The van der Waals surface area contributed by atoms with Crippen molar-refractivity contribution in [1.29, 1.82) is 0 Å². The molecule has 0 unspecified atom stereocenters. The number of thioether (sulfide) groups is 1. The van der Waals surface area contributed by atoms with Crippen LogP contribution in [0.2, 0.25) is 5.02 Å².